The Bertz CT molecular complexity index is 1130. The molecule has 27 heavy (non-hydrogen) atoms. The van der Waals surface area contributed by atoms with E-state index < -0.39 is 36.0 Å². The lowest BCUT2D eigenvalue weighted by atomic mass is 10.3. The number of carbonyl (C=O) groups excluding carboxylic acids is 1. The maximum Gasteiger partial charge on any atom is 0.335 e. The molecule has 1 unspecified atom stereocenters. The average molecular weight is 433 g/mol. The second-order valence-electron chi connectivity index (χ2n) is 5.66. The third-order valence-electron chi connectivity index (χ3n) is 3.72. The van der Waals surface area contributed by atoms with Crippen molar-refractivity contribution >= 4 is 43.2 Å². The number of rotatable bonds is 4. The highest BCUT2D eigenvalue weighted by Gasteiger charge is 2.41. The van der Waals surface area contributed by atoms with Crippen molar-refractivity contribution in [3.63, 3.8) is 0 Å². The van der Waals surface area contributed by atoms with Gasteiger partial charge in [-0.05, 0) is 20.3 Å². The number of hydrogen-bond donors (Lipinski definition) is 2. The molecule has 3 rings (SSSR count). The van der Waals surface area contributed by atoms with Crippen molar-refractivity contribution in [3.8, 4) is 6.01 Å². The molecule has 0 saturated heterocycles. The number of ether oxygens (including phenoxy) is 1. The number of sulfone groups is 1. The topological polar surface area (TPSA) is 157 Å². The molecular weight excluding hydrogens is 418 g/mol. The van der Waals surface area contributed by atoms with Crippen molar-refractivity contribution in [1.29, 1.82) is 0 Å². The number of hydrogen-bond acceptors (Lipinski definition) is 10. The van der Waals surface area contributed by atoms with Gasteiger partial charge in [-0.25, -0.2) is 26.4 Å². The van der Waals surface area contributed by atoms with Gasteiger partial charge in [0, 0.05) is 10.3 Å². The van der Waals surface area contributed by atoms with Crippen LogP contribution in [0.2, 0.25) is 0 Å². The molecule has 1 aliphatic heterocycles. The van der Waals surface area contributed by atoms with Gasteiger partial charge in [-0.15, -0.1) is 11.3 Å². The van der Waals surface area contributed by atoms with Crippen LogP contribution in [-0.2, 0) is 26.3 Å². The fourth-order valence-electron chi connectivity index (χ4n) is 2.47. The van der Waals surface area contributed by atoms with Gasteiger partial charge in [-0.3, -0.25) is 5.32 Å². The largest absolute Gasteiger partial charge is 0.467 e. The summed E-state index contributed by atoms with van der Waals surface area (Å²) in [5, 5.41) is 2.66. The molecule has 0 aliphatic carbocycles. The molecule has 2 aromatic rings. The molecule has 2 N–H and O–H groups in total. The molecule has 0 aromatic carbocycles. The third kappa shape index (κ3) is 3.59. The Balaban J connectivity index is 1.85. The van der Waals surface area contributed by atoms with Gasteiger partial charge < -0.3 is 4.74 Å². The molecule has 0 bridgehead atoms. The summed E-state index contributed by atoms with van der Waals surface area (Å²) in [6.07, 6.45) is 0.244. The molecule has 0 spiro atoms. The van der Waals surface area contributed by atoms with Gasteiger partial charge in [0.05, 0.1) is 12.4 Å². The van der Waals surface area contributed by atoms with Crippen LogP contribution in [-0.4, -0.2) is 50.2 Å². The number of carbonyl (C=O) groups is 1. The van der Waals surface area contributed by atoms with E-state index in [1.165, 1.54) is 26.3 Å². The third-order valence-corrected chi connectivity index (χ3v) is 8.76. The van der Waals surface area contributed by atoms with Crippen LogP contribution in [0.25, 0.3) is 0 Å². The zero-order valence-electron chi connectivity index (χ0n) is 14.4. The zero-order valence-corrected chi connectivity index (χ0v) is 16.8. The van der Waals surface area contributed by atoms with E-state index in [1.807, 2.05) is 0 Å². The first-order valence-corrected chi connectivity index (χ1v) is 11.4. The van der Waals surface area contributed by atoms with Crippen LogP contribution in [0.5, 0.6) is 6.01 Å². The van der Waals surface area contributed by atoms with E-state index in [-0.39, 0.29) is 29.1 Å². The van der Waals surface area contributed by atoms with Gasteiger partial charge >= 0.3 is 12.0 Å². The van der Waals surface area contributed by atoms with E-state index in [1.54, 1.807) is 4.72 Å². The molecule has 2 aromatic heterocycles. The number of fused-ring (bicyclic) bond motifs is 1. The quantitative estimate of drug-likeness (QED) is 0.699. The van der Waals surface area contributed by atoms with Gasteiger partial charge in [0.2, 0.25) is 5.95 Å². The first-order chi connectivity index (χ1) is 12.5. The number of sulfonamides is 1. The van der Waals surface area contributed by atoms with E-state index in [9.17, 15) is 21.6 Å². The number of urea groups is 1. The summed E-state index contributed by atoms with van der Waals surface area (Å²) in [6.45, 7) is 3.04. The molecule has 3 heterocycles. The number of anilines is 1. The number of nitrogens with zero attached hydrogens (tertiary/aromatic N) is 3. The van der Waals surface area contributed by atoms with Gasteiger partial charge in [0.1, 0.15) is 15.6 Å². The summed E-state index contributed by atoms with van der Waals surface area (Å²) in [5.74, 6) is 0.0274. The fraction of sp³-hybridized carbons (Fsp3) is 0.385. The van der Waals surface area contributed by atoms with Crippen LogP contribution in [0.3, 0.4) is 0 Å². The van der Waals surface area contributed by atoms with Crippen molar-refractivity contribution in [2.75, 3.05) is 12.4 Å². The summed E-state index contributed by atoms with van der Waals surface area (Å²) < 4.78 is 56.4. The molecule has 0 saturated carbocycles. The minimum absolute atomic E-state index is 0.0589. The maximum atomic E-state index is 12.5. The molecular formula is C13H15N5O6S3. The Labute approximate surface area is 159 Å². The summed E-state index contributed by atoms with van der Waals surface area (Å²) in [6, 6.07) is -1.21. The van der Waals surface area contributed by atoms with Crippen molar-refractivity contribution in [2.45, 2.75) is 35.3 Å². The lowest BCUT2D eigenvalue weighted by molar-refractivity contribution is 0.256. The van der Waals surface area contributed by atoms with Crippen LogP contribution >= 0.6 is 11.3 Å². The SMILES string of the molecule is COc1nc(C)nc(NC(=O)NS(=O)(=O)c2csc3c2S(=O)(=O)C(C)C3)n1. The smallest absolute Gasteiger partial charge is 0.335 e. The summed E-state index contributed by atoms with van der Waals surface area (Å²) in [5.41, 5.74) is 0. The molecule has 11 nitrogen and oxygen atoms in total. The minimum Gasteiger partial charge on any atom is -0.467 e. The van der Waals surface area contributed by atoms with Crippen LogP contribution in [0, 0.1) is 6.92 Å². The second-order valence-corrected chi connectivity index (χ2v) is 10.6. The van der Waals surface area contributed by atoms with Gasteiger partial charge in [-0.1, -0.05) is 0 Å². The van der Waals surface area contributed by atoms with Crippen LogP contribution in [0.4, 0.5) is 10.7 Å². The maximum absolute atomic E-state index is 12.5. The standard InChI is InChI=1S/C13H15N5O6S3/c1-6-4-8-10(26(6,20)21)9(5-25-8)27(22,23)18-12(19)16-11-14-7(2)15-13(17-11)24-3/h5-6H,4H2,1-3H3,(H2,14,15,16,17,18,19). The average Bonchev–Trinajstić information content (AvgIpc) is 3.06. The molecule has 2 amide bonds. The summed E-state index contributed by atoms with van der Waals surface area (Å²) >= 11 is 1.03. The first-order valence-electron chi connectivity index (χ1n) is 7.49. The Hall–Kier alpha value is -2.32. The Morgan fingerprint density at radius 3 is 2.70 bits per heavy atom. The van der Waals surface area contributed by atoms with E-state index in [2.05, 4.69) is 20.3 Å². The molecule has 1 atom stereocenters. The zero-order chi connectivity index (χ0) is 20.0. The van der Waals surface area contributed by atoms with Gasteiger partial charge in [0.15, 0.2) is 9.84 Å². The predicted molar refractivity (Wildman–Crippen MR) is 95.1 cm³/mol. The van der Waals surface area contributed by atoms with Crippen LogP contribution in [0.1, 0.15) is 17.6 Å². The molecule has 0 radical (unpaired) electrons. The van der Waals surface area contributed by atoms with Gasteiger partial charge in [-0.2, -0.15) is 15.0 Å². The molecule has 1 aliphatic rings. The number of amides is 2. The van der Waals surface area contributed by atoms with E-state index in [0.717, 1.165) is 11.3 Å². The fourth-order valence-corrected chi connectivity index (χ4v) is 7.77. The predicted octanol–water partition coefficient (Wildman–Crippen LogP) is 0.479. The van der Waals surface area contributed by atoms with E-state index in [0.29, 0.717) is 4.88 Å². The van der Waals surface area contributed by atoms with Crippen molar-refractivity contribution < 1.29 is 26.4 Å². The molecule has 0 fully saturated rings. The van der Waals surface area contributed by atoms with E-state index in [4.69, 9.17) is 4.74 Å². The number of aryl methyl sites for hydroxylation is 1. The monoisotopic (exact) mass is 433 g/mol. The Kier molecular flexibility index (Phi) is 4.81. The van der Waals surface area contributed by atoms with E-state index >= 15 is 0 Å². The highest BCUT2D eigenvalue weighted by Crippen LogP contribution is 2.40. The second kappa shape index (κ2) is 6.69. The number of aromatic nitrogens is 3. The highest BCUT2D eigenvalue weighted by atomic mass is 32.2. The van der Waals surface area contributed by atoms with Gasteiger partial charge in [0.25, 0.3) is 10.0 Å². The van der Waals surface area contributed by atoms with Crippen molar-refractivity contribution in [3.05, 3.63) is 16.1 Å². The number of methoxy groups -OCH3 is 1. The minimum atomic E-state index is -4.42. The molecule has 146 valence electrons. The Morgan fingerprint density at radius 2 is 2.04 bits per heavy atom. The number of nitrogens with one attached hydrogen (secondary N) is 2. The van der Waals surface area contributed by atoms with Crippen molar-refractivity contribution in [2.24, 2.45) is 0 Å². The lowest BCUT2D eigenvalue weighted by Gasteiger charge is -2.09. The van der Waals surface area contributed by atoms with Crippen LogP contribution in [0.15, 0.2) is 15.2 Å². The summed E-state index contributed by atoms with van der Waals surface area (Å²) in [7, 11) is -6.85. The normalized spacial score (nSPS) is 18.0. The number of thiophene rings is 1. The Morgan fingerprint density at radius 1 is 1.33 bits per heavy atom. The van der Waals surface area contributed by atoms with Crippen molar-refractivity contribution in [1.82, 2.24) is 19.7 Å². The first kappa shape index (κ1) is 19.4. The highest BCUT2D eigenvalue weighted by molar-refractivity contribution is 7.94. The van der Waals surface area contributed by atoms with Crippen LogP contribution < -0.4 is 14.8 Å². The molecule has 14 heteroatoms. The summed E-state index contributed by atoms with van der Waals surface area (Å²) in [4.78, 5) is 23.3. The lowest BCUT2D eigenvalue weighted by Crippen LogP contribution is -2.35.